The van der Waals surface area contributed by atoms with Crippen LogP contribution in [0.2, 0.25) is 0 Å². The van der Waals surface area contributed by atoms with Gasteiger partial charge in [0.2, 0.25) is 0 Å². The van der Waals surface area contributed by atoms with E-state index in [0.29, 0.717) is 17.8 Å². The summed E-state index contributed by atoms with van der Waals surface area (Å²) in [4.78, 5) is 25.7. The zero-order valence-electron chi connectivity index (χ0n) is 14.9. The predicted molar refractivity (Wildman–Crippen MR) is 98.9 cm³/mol. The molecule has 0 spiro atoms. The van der Waals surface area contributed by atoms with E-state index in [1.54, 1.807) is 12.1 Å². The molecular formula is C20H22N2O4. The maximum absolute atomic E-state index is 13.0. The minimum absolute atomic E-state index is 0.0476. The number of hydrogen-bond acceptors (Lipinski definition) is 4. The largest absolute Gasteiger partial charge is 0.479 e. The van der Waals surface area contributed by atoms with Gasteiger partial charge in [-0.15, -0.1) is 0 Å². The molecule has 1 saturated heterocycles. The van der Waals surface area contributed by atoms with Crippen LogP contribution in [0.3, 0.4) is 0 Å². The highest BCUT2D eigenvalue weighted by Gasteiger charge is 2.30. The summed E-state index contributed by atoms with van der Waals surface area (Å²) in [6, 6.07) is 13.2. The smallest absolute Gasteiger partial charge is 0.334 e. The molecule has 2 N–H and O–H groups in total. The number of nitrogens with zero attached hydrogens (tertiary/aromatic N) is 1. The minimum atomic E-state index is -1.05. The molecule has 2 aromatic rings. The van der Waals surface area contributed by atoms with Crippen molar-refractivity contribution in [1.29, 1.82) is 0 Å². The van der Waals surface area contributed by atoms with Crippen LogP contribution in [0.1, 0.15) is 21.5 Å². The number of morpholine rings is 1. The molecule has 0 radical (unpaired) electrons. The van der Waals surface area contributed by atoms with Crippen molar-refractivity contribution in [3.63, 3.8) is 0 Å². The zero-order chi connectivity index (χ0) is 18.7. The number of anilines is 2. The summed E-state index contributed by atoms with van der Waals surface area (Å²) in [5.41, 5.74) is 4.43. The van der Waals surface area contributed by atoms with E-state index >= 15 is 0 Å². The molecule has 6 heteroatoms. The van der Waals surface area contributed by atoms with Crippen LogP contribution >= 0.6 is 0 Å². The van der Waals surface area contributed by atoms with E-state index in [4.69, 9.17) is 9.84 Å². The van der Waals surface area contributed by atoms with Crippen molar-refractivity contribution < 1.29 is 19.4 Å². The molecule has 136 valence electrons. The number of aliphatic carboxylic acids is 1. The SMILES string of the molecule is Cc1cccc(Nc2ccccc2C(=O)N2CCOC(C(=O)O)C2)c1C. The lowest BCUT2D eigenvalue weighted by Gasteiger charge is -2.31. The Kier molecular flexibility index (Phi) is 5.23. The van der Waals surface area contributed by atoms with Gasteiger partial charge in [-0.2, -0.15) is 0 Å². The molecule has 1 fully saturated rings. The standard InChI is InChI=1S/C20H22N2O4/c1-13-6-5-9-16(14(13)2)21-17-8-4-3-7-15(17)19(23)22-10-11-26-18(12-22)20(24)25/h3-9,18,21H,10-12H2,1-2H3,(H,24,25). The van der Waals surface area contributed by atoms with Crippen molar-refractivity contribution >= 4 is 23.3 Å². The summed E-state index contributed by atoms with van der Waals surface area (Å²) in [5.74, 6) is -1.25. The number of aryl methyl sites for hydroxylation is 1. The van der Waals surface area contributed by atoms with E-state index in [1.165, 1.54) is 4.90 Å². The lowest BCUT2D eigenvalue weighted by atomic mass is 10.1. The Hall–Kier alpha value is -2.86. The van der Waals surface area contributed by atoms with Gasteiger partial charge >= 0.3 is 5.97 Å². The Morgan fingerprint density at radius 2 is 1.85 bits per heavy atom. The van der Waals surface area contributed by atoms with Crippen LogP contribution in [0.5, 0.6) is 0 Å². The van der Waals surface area contributed by atoms with Crippen LogP contribution < -0.4 is 5.32 Å². The Labute approximate surface area is 152 Å². The Balaban J connectivity index is 1.86. The van der Waals surface area contributed by atoms with Gasteiger partial charge in [0.25, 0.3) is 5.91 Å². The third-order valence-corrected chi connectivity index (χ3v) is 4.66. The van der Waals surface area contributed by atoms with Gasteiger partial charge in [0.1, 0.15) is 0 Å². The van der Waals surface area contributed by atoms with Gasteiger partial charge in [-0.05, 0) is 43.2 Å². The van der Waals surface area contributed by atoms with E-state index in [1.807, 2.05) is 44.2 Å². The summed E-state index contributed by atoms with van der Waals surface area (Å²) in [6.07, 6.45) is -0.980. The van der Waals surface area contributed by atoms with Gasteiger partial charge < -0.3 is 20.1 Å². The van der Waals surface area contributed by atoms with E-state index in [2.05, 4.69) is 5.32 Å². The van der Waals surface area contributed by atoms with Gasteiger partial charge in [0.05, 0.1) is 24.4 Å². The third-order valence-electron chi connectivity index (χ3n) is 4.66. The summed E-state index contributed by atoms with van der Waals surface area (Å²) < 4.78 is 5.20. The predicted octanol–water partition coefficient (Wildman–Crippen LogP) is 2.97. The molecule has 1 atom stereocenters. The number of carboxylic acid groups (broad SMARTS) is 1. The summed E-state index contributed by atoms with van der Waals surface area (Å²) in [6.45, 7) is 4.71. The number of carbonyl (C=O) groups excluding carboxylic acids is 1. The highest BCUT2D eigenvalue weighted by Crippen LogP contribution is 2.26. The normalized spacial score (nSPS) is 17.0. The molecule has 3 rings (SSSR count). The molecule has 0 aromatic heterocycles. The fourth-order valence-corrected chi connectivity index (χ4v) is 2.96. The molecule has 1 heterocycles. The number of ether oxygens (including phenoxy) is 1. The van der Waals surface area contributed by atoms with E-state index in [0.717, 1.165) is 16.8 Å². The number of carbonyl (C=O) groups is 2. The van der Waals surface area contributed by atoms with Crippen molar-refractivity contribution in [3.8, 4) is 0 Å². The second-order valence-corrected chi connectivity index (χ2v) is 6.37. The number of nitrogens with one attached hydrogen (secondary N) is 1. The lowest BCUT2D eigenvalue weighted by molar-refractivity contribution is -0.154. The maximum atomic E-state index is 13.0. The van der Waals surface area contributed by atoms with Gasteiger partial charge in [-0.25, -0.2) is 4.79 Å². The van der Waals surface area contributed by atoms with E-state index in [9.17, 15) is 9.59 Å². The third kappa shape index (κ3) is 3.70. The van der Waals surface area contributed by atoms with Gasteiger partial charge in [-0.3, -0.25) is 4.79 Å². The highest BCUT2D eigenvalue weighted by molar-refractivity contribution is 6.00. The Morgan fingerprint density at radius 3 is 2.62 bits per heavy atom. The molecular weight excluding hydrogens is 332 g/mol. The molecule has 0 aliphatic carbocycles. The van der Waals surface area contributed by atoms with Gasteiger partial charge in [0, 0.05) is 12.2 Å². The van der Waals surface area contributed by atoms with Crippen LogP contribution in [0.4, 0.5) is 11.4 Å². The molecule has 0 saturated carbocycles. The number of hydrogen-bond donors (Lipinski definition) is 2. The number of benzene rings is 2. The molecule has 0 bridgehead atoms. The second-order valence-electron chi connectivity index (χ2n) is 6.37. The average Bonchev–Trinajstić information content (AvgIpc) is 2.65. The number of amides is 1. The number of rotatable bonds is 4. The van der Waals surface area contributed by atoms with Crippen LogP contribution in [-0.2, 0) is 9.53 Å². The van der Waals surface area contributed by atoms with Crippen molar-refractivity contribution in [3.05, 3.63) is 59.2 Å². The highest BCUT2D eigenvalue weighted by atomic mass is 16.5. The first-order chi connectivity index (χ1) is 12.5. The molecule has 2 aromatic carbocycles. The van der Waals surface area contributed by atoms with Crippen molar-refractivity contribution in [2.24, 2.45) is 0 Å². The molecule has 26 heavy (non-hydrogen) atoms. The summed E-state index contributed by atoms with van der Waals surface area (Å²) in [5, 5.41) is 12.5. The Morgan fingerprint density at radius 1 is 1.12 bits per heavy atom. The topological polar surface area (TPSA) is 78.9 Å². The van der Waals surface area contributed by atoms with Crippen LogP contribution in [0, 0.1) is 13.8 Å². The molecule has 1 unspecified atom stereocenters. The minimum Gasteiger partial charge on any atom is -0.479 e. The molecule has 1 aliphatic heterocycles. The van der Waals surface area contributed by atoms with Crippen LogP contribution in [-0.4, -0.2) is 47.7 Å². The zero-order valence-corrected chi connectivity index (χ0v) is 14.9. The fourth-order valence-electron chi connectivity index (χ4n) is 2.96. The molecule has 6 nitrogen and oxygen atoms in total. The fraction of sp³-hybridized carbons (Fsp3) is 0.300. The van der Waals surface area contributed by atoms with Crippen LogP contribution in [0.15, 0.2) is 42.5 Å². The Bertz CT molecular complexity index is 834. The molecule has 1 amide bonds. The van der Waals surface area contributed by atoms with E-state index < -0.39 is 12.1 Å². The quantitative estimate of drug-likeness (QED) is 0.882. The summed E-state index contributed by atoms with van der Waals surface area (Å²) in [7, 11) is 0. The van der Waals surface area contributed by atoms with Gasteiger partial charge in [-0.1, -0.05) is 24.3 Å². The van der Waals surface area contributed by atoms with Crippen LogP contribution in [0.25, 0.3) is 0 Å². The van der Waals surface area contributed by atoms with Gasteiger partial charge in [0.15, 0.2) is 6.10 Å². The van der Waals surface area contributed by atoms with Crippen molar-refractivity contribution in [2.45, 2.75) is 20.0 Å². The maximum Gasteiger partial charge on any atom is 0.334 e. The summed E-state index contributed by atoms with van der Waals surface area (Å²) >= 11 is 0. The number of para-hydroxylation sites is 1. The van der Waals surface area contributed by atoms with Crippen molar-refractivity contribution in [1.82, 2.24) is 4.90 Å². The number of carboxylic acids is 1. The first kappa shape index (κ1) is 17.9. The first-order valence-electron chi connectivity index (χ1n) is 8.53. The molecule has 1 aliphatic rings. The van der Waals surface area contributed by atoms with Crippen molar-refractivity contribution in [2.75, 3.05) is 25.0 Å². The monoisotopic (exact) mass is 354 g/mol. The first-order valence-corrected chi connectivity index (χ1v) is 8.53. The second kappa shape index (κ2) is 7.58. The van der Waals surface area contributed by atoms with E-state index in [-0.39, 0.29) is 19.1 Å². The average molecular weight is 354 g/mol. The lowest BCUT2D eigenvalue weighted by Crippen LogP contribution is -2.48.